The average Bonchev–Trinajstić information content (AvgIpc) is 2.71. The van der Waals surface area contributed by atoms with Crippen LogP contribution in [-0.4, -0.2) is 14.2 Å². The van der Waals surface area contributed by atoms with Gasteiger partial charge in [0.25, 0.3) is 0 Å². The van der Waals surface area contributed by atoms with Crippen molar-refractivity contribution in [2.45, 2.75) is 38.9 Å². The molecule has 0 N–H and O–H groups in total. The van der Waals surface area contributed by atoms with Crippen molar-refractivity contribution in [1.29, 1.82) is 0 Å². The van der Waals surface area contributed by atoms with Gasteiger partial charge in [-0.05, 0) is 34.7 Å². The lowest BCUT2D eigenvalue weighted by molar-refractivity contribution is 0.100. The first-order valence-corrected chi connectivity index (χ1v) is 9.33. The molecule has 3 aromatic carbocycles. The van der Waals surface area contributed by atoms with E-state index in [0.717, 1.165) is 12.8 Å². The number of methoxy groups -OCH3 is 2. The van der Waals surface area contributed by atoms with E-state index in [4.69, 9.17) is 9.47 Å². The maximum absolute atomic E-state index is 5.49. The maximum atomic E-state index is 5.49. The third-order valence-electron chi connectivity index (χ3n) is 4.65. The minimum atomic E-state index is 0.205. The van der Waals surface area contributed by atoms with Gasteiger partial charge < -0.3 is 9.47 Å². The largest absolute Gasteiger partial charge is 0.377 e. The topological polar surface area (TPSA) is 18.5 Å². The second-order valence-electron chi connectivity index (χ2n) is 6.24. The zero-order chi connectivity index (χ0) is 18.8. The van der Waals surface area contributed by atoms with E-state index >= 15 is 0 Å². The predicted molar refractivity (Wildman–Crippen MR) is 110 cm³/mol. The van der Waals surface area contributed by atoms with Gasteiger partial charge in [0, 0.05) is 14.2 Å². The van der Waals surface area contributed by atoms with Crippen molar-refractivity contribution in [3.05, 3.63) is 83.9 Å². The fourth-order valence-electron chi connectivity index (χ4n) is 3.25. The van der Waals surface area contributed by atoms with Gasteiger partial charge in [0.1, 0.15) is 0 Å². The van der Waals surface area contributed by atoms with E-state index in [1.165, 1.54) is 21.9 Å². The Morgan fingerprint density at radius 1 is 0.654 bits per heavy atom. The summed E-state index contributed by atoms with van der Waals surface area (Å²) in [5.74, 6) is 0. The fraction of sp³-hybridized carbons (Fsp3) is 0.333. The SMILES string of the molecule is CCC(OC)c1cccc2ccccc12.CCC(OC)c1ccccc1. The molecular weight excluding hydrogens is 320 g/mol. The summed E-state index contributed by atoms with van der Waals surface area (Å²) in [5, 5.41) is 2.58. The van der Waals surface area contributed by atoms with Crippen LogP contribution in [0.4, 0.5) is 0 Å². The molecule has 2 nitrogen and oxygen atoms in total. The molecule has 3 rings (SSSR count). The second-order valence-corrected chi connectivity index (χ2v) is 6.24. The standard InChI is InChI=1S/C14H16O.C10H14O/c1-3-14(15-2)13-10-6-8-11-7-4-5-9-12(11)13;1-3-10(11-2)9-7-5-4-6-8-9/h4-10,14H,3H2,1-2H3;4-8,10H,3H2,1-2H3. The Labute approximate surface area is 157 Å². The molecule has 0 aliphatic rings. The molecule has 3 aromatic rings. The summed E-state index contributed by atoms with van der Waals surface area (Å²) in [6, 6.07) is 25.1. The first kappa shape index (κ1) is 20.2. The minimum absolute atomic E-state index is 0.205. The van der Waals surface area contributed by atoms with Crippen molar-refractivity contribution >= 4 is 10.8 Å². The summed E-state index contributed by atoms with van der Waals surface area (Å²) in [6.07, 6.45) is 2.50. The van der Waals surface area contributed by atoms with Gasteiger partial charge in [-0.15, -0.1) is 0 Å². The molecule has 0 amide bonds. The highest BCUT2D eigenvalue weighted by atomic mass is 16.5. The molecule has 0 aromatic heterocycles. The predicted octanol–water partition coefficient (Wildman–Crippen LogP) is 6.72. The molecule has 0 radical (unpaired) electrons. The Bertz CT molecular complexity index is 754. The van der Waals surface area contributed by atoms with E-state index in [2.05, 4.69) is 68.4 Å². The highest BCUT2D eigenvalue weighted by Crippen LogP contribution is 2.27. The lowest BCUT2D eigenvalue weighted by Gasteiger charge is -2.15. The second kappa shape index (κ2) is 10.7. The Kier molecular flexibility index (Phi) is 8.33. The normalized spacial score (nSPS) is 12.9. The van der Waals surface area contributed by atoms with Crippen LogP contribution >= 0.6 is 0 Å². The van der Waals surface area contributed by atoms with Crippen molar-refractivity contribution in [3.8, 4) is 0 Å². The van der Waals surface area contributed by atoms with Gasteiger partial charge in [0.05, 0.1) is 12.2 Å². The number of hydrogen-bond acceptors (Lipinski definition) is 2. The summed E-state index contributed by atoms with van der Waals surface area (Å²) in [5.41, 5.74) is 2.55. The van der Waals surface area contributed by atoms with Gasteiger partial charge in [-0.25, -0.2) is 0 Å². The zero-order valence-corrected chi connectivity index (χ0v) is 16.3. The average molecular weight is 351 g/mol. The first-order valence-electron chi connectivity index (χ1n) is 9.33. The number of fused-ring (bicyclic) bond motifs is 1. The van der Waals surface area contributed by atoms with E-state index in [0.29, 0.717) is 0 Å². The van der Waals surface area contributed by atoms with Crippen molar-refractivity contribution in [2.75, 3.05) is 14.2 Å². The van der Waals surface area contributed by atoms with Crippen LogP contribution in [0, 0.1) is 0 Å². The Balaban J connectivity index is 0.000000197. The Hall–Kier alpha value is -2.16. The van der Waals surface area contributed by atoms with Crippen LogP contribution in [0.3, 0.4) is 0 Å². The highest BCUT2D eigenvalue weighted by molar-refractivity contribution is 5.85. The Morgan fingerprint density at radius 2 is 1.23 bits per heavy atom. The summed E-state index contributed by atoms with van der Waals surface area (Å²) >= 11 is 0. The van der Waals surface area contributed by atoms with Crippen LogP contribution in [0.1, 0.15) is 50.0 Å². The molecular formula is C24H30O2. The number of ether oxygens (including phenoxy) is 2. The van der Waals surface area contributed by atoms with Crippen molar-refractivity contribution < 1.29 is 9.47 Å². The molecule has 26 heavy (non-hydrogen) atoms. The molecule has 0 saturated carbocycles. The van der Waals surface area contributed by atoms with Gasteiger partial charge >= 0.3 is 0 Å². The summed E-state index contributed by atoms with van der Waals surface area (Å²) in [4.78, 5) is 0. The van der Waals surface area contributed by atoms with Gasteiger partial charge in [-0.2, -0.15) is 0 Å². The molecule has 0 heterocycles. The molecule has 0 fully saturated rings. The smallest absolute Gasteiger partial charge is 0.0824 e. The molecule has 0 saturated heterocycles. The molecule has 2 unspecified atom stereocenters. The fourth-order valence-corrected chi connectivity index (χ4v) is 3.25. The lowest BCUT2D eigenvalue weighted by atomic mass is 9.99. The van der Waals surface area contributed by atoms with Crippen LogP contribution in [0.2, 0.25) is 0 Å². The molecule has 0 aliphatic heterocycles. The third kappa shape index (κ3) is 5.17. The number of rotatable bonds is 6. The summed E-state index contributed by atoms with van der Waals surface area (Å²) in [7, 11) is 3.52. The third-order valence-corrected chi connectivity index (χ3v) is 4.65. The zero-order valence-electron chi connectivity index (χ0n) is 16.3. The minimum Gasteiger partial charge on any atom is -0.377 e. The van der Waals surface area contributed by atoms with E-state index in [9.17, 15) is 0 Å². The molecule has 0 bridgehead atoms. The van der Waals surface area contributed by atoms with E-state index in [1.807, 2.05) is 18.2 Å². The van der Waals surface area contributed by atoms with Crippen LogP contribution in [-0.2, 0) is 9.47 Å². The van der Waals surface area contributed by atoms with Crippen LogP contribution in [0.15, 0.2) is 72.8 Å². The number of benzene rings is 3. The van der Waals surface area contributed by atoms with Crippen LogP contribution < -0.4 is 0 Å². The summed E-state index contributed by atoms with van der Waals surface area (Å²) < 4.78 is 10.8. The maximum Gasteiger partial charge on any atom is 0.0824 e. The van der Waals surface area contributed by atoms with Gasteiger partial charge in [0.15, 0.2) is 0 Å². The molecule has 2 heteroatoms. The molecule has 138 valence electrons. The number of hydrogen-bond donors (Lipinski definition) is 0. The van der Waals surface area contributed by atoms with Gasteiger partial charge in [-0.3, -0.25) is 0 Å². The monoisotopic (exact) mass is 350 g/mol. The first-order chi connectivity index (χ1) is 12.7. The van der Waals surface area contributed by atoms with Crippen LogP contribution in [0.5, 0.6) is 0 Å². The van der Waals surface area contributed by atoms with Gasteiger partial charge in [-0.1, -0.05) is 86.6 Å². The van der Waals surface area contributed by atoms with Crippen molar-refractivity contribution in [1.82, 2.24) is 0 Å². The van der Waals surface area contributed by atoms with E-state index in [-0.39, 0.29) is 12.2 Å². The molecule has 0 aliphatic carbocycles. The molecule has 0 spiro atoms. The Morgan fingerprint density at radius 3 is 1.85 bits per heavy atom. The quantitative estimate of drug-likeness (QED) is 0.491. The highest BCUT2D eigenvalue weighted by Gasteiger charge is 2.10. The van der Waals surface area contributed by atoms with Crippen molar-refractivity contribution in [2.24, 2.45) is 0 Å². The molecule has 2 atom stereocenters. The van der Waals surface area contributed by atoms with Gasteiger partial charge in [0.2, 0.25) is 0 Å². The van der Waals surface area contributed by atoms with E-state index in [1.54, 1.807) is 14.2 Å². The lowest BCUT2D eigenvalue weighted by Crippen LogP contribution is -2.00. The van der Waals surface area contributed by atoms with Crippen LogP contribution in [0.25, 0.3) is 10.8 Å². The summed E-state index contributed by atoms with van der Waals surface area (Å²) in [6.45, 7) is 4.27. The van der Waals surface area contributed by atoms with Crippen molar-refractivity contribution in [3.63, 3.8) is 0 Å². The van der Waals surface area contributed by atoms with E-state index < -0.39 is 0 Å².